The molecule has 8 rings (SSSR count). The minimum atomic E-state index is -1.04. The van der Waals surface area contributed by atoms with Crippen molar-refractivity contribution in [1.29, 1.82) is 0 Å². The minimum Gasteiger partial charge on any atom is -0.491 e. The number of ketones is 1. The van der Waals surface area contributed by atoms with Gasteiger partial charge in [0.2, 0.25) is 5.91 Å². The Bertz CT molecular complexity index is 2240. The number of nitrogens with one attached hydrogen (secondary N) is 1. The quantitative estimate of drug-likeness (QED) is 0.0960. The Hall–Kier alpha value is -4.69. The van der Waals surface area contributed by atoms with E-state index in [9.17, 15) is 19.2 Å². The average molecular weight is 903 g/mol. The van der Waals surface area contributed by atoms with Gasteiger partial charge in [0.1, 0.15) is 47.3 Å². The van der Waals surface area contributed by atoms with E-state index >= 15 is 0 Å². The first-order valence-corrected chi connectivity index (χ1v) is 23.6. The van der Waals surface area contributed by atoms with Crippen molar-refractivity contribution in [2.45, 2.75) is 123 Å². The summed E-state index contributed by atoms with van der Waals surface area (Å²) in [5, 5.41) is 4.09. The van der Waals surface area contributed by atoms with Crippen LogP contribution in [0.15, 0.2) is 41.5 Å². The molecule has 0 spiro atoms. The molecule has 5 aliphatic rings. The van der Waals surface area contributed by atoms with Crippen LogP contribution in [0, 0.1) is 34.5 Å². The van der Waals surface area contributed by atoms with Crippen molar-refractivity contribution < 1.29 is 42.5 Å². The number of esters is 2. The second-order valence-corrected chi connectivity index (χ2v) is 20.5. The van der Waals surface area contributed by atoms with Crippen LogP contribution in [0.25, 0.3) is 22.3 Å². The smallest absolute Gasteiger partial charge is 0.312 e. The van der Waals surface area contributed by atoms with Gasteiger partial charge in [-0.15, -0.1) is 6.58 Å². The molecule has 3 aromatic rings. The van der Waals surface area contributed by atoms with E-state index in [2.05, 4.69) is 21.8 Å². The van der Waals surface area contributed by atoms with Gasteiger partial charge in [0, 0.05) is 36.9 Å². The summed E-state index contributed by atoms with van der Waals surface area (Å²) in [4.78, 5) is 69.8. The van der Waals surface area contributed by atoms with Crippen LogP contribution in [0.3, 0.4) is 0 Å². The molecule has 346 valence electrons. The predicted octanol–water partition coefficient (Wildman–Crippen LogP) is 8.30. The molecule has 2 unspecified atom stereocenters. The second-order valence-electron chi connectivity index (χ2n) is 20.1. The number of nitrogens with zero attached hydrogens (tertiary/aromatic N) is 4. The first kappa shape index (κ1) is 45.9. The van der Waals surface area contributed by atoms with E-state index in [1.165, 1.54) is 39.1 Å². The number of pyridine rings is 1. The summed E-state index contributed by atoms with van der Waals surface area (Å²) >= 11 is 7.13. The molecule has 2 saturated heterocycles. The van der Waals surface area contributed by atoms with E-state index in [1.54, 1.807) is 17.0 Å². The van der Waals surface area contributed by atoms with Gasteiger partial charge in [0.15, 0.2) is 5.78 Å². The molecule has 1 N–H and O–H groups in total. The van der Waals surface area contributed by atoms with Gasteiger partial charge in [-0.25, -0.2) is 4.98 Å². The molecule has 5 fully saturated rings. The highest BCUT2D eigenvalue weighted by molar-refractivity contribution is 6.36. The molecule has 2 aliphatic heterocycles. The number of halogens is 1. The maximum Gasteiger partial charge on any atom is 0.312 e. The van der Waals surface area contributed by atoms with Crippen molar-refractivity contribution >= 4 is 52.1 Å². The largest absolute Gasteiger partial charge is 0.491 e. The van der Waals surface area contributed by atoms with Crippen molar-refractivity contribution in [1.82, 2.24) is 19.8 Å². The van der Waals surface area contributed by atoms with Crippen LogP contribution in [0.1, 0.15) is 98.8 Å². The first-order valence-electron chi connectivity index (χ1n) is 23.2. The van der Waals surface area contributed by atoms with Gasteiger partial charge >= 0.3 is 11.9 Å². The number of amides is 1. The lowest BCUT2D eigenvalue weighted by Crippen LogP contribution is -2.48. The van der Waals surface area contributed by atoms with E-state index in [0.29, 0.717) is 69.7 Å². The zero-order valence-electron chi connectivity index (χ0n) is 38.2. The SMILES string of the molecule is C=C[C@@H]1CC1(CC(=O)[C@@H]1C[C@@H](Oc2cc(-c3coc(NC(C)C)n3)nc3c(Cl)c(OCCN4CCCCC4)ccc23)CN1C(=O)[C@@H](CC(=O)OC1C[C@@H]2C[C@@H]2C1)C(C)(C)C)C(=O)OC. The lowest BCUT2D eigenvalue weighted by Gasteiger charge is -2.35. The number of carbonyl (C=O) groups is 4. The number of piperidine rings is 1. The number of anilines is 1. The van der Waals surface area contributed by atoms with Crippen LogP contribution in [0.2, 0.25) is 5.02 Å². The number of aromatic nitrogens is 2. The van der Waals surface area contributed by atoms with E-state index in [0.717, 1.165) is 32.5 Å². The van der Waals surface area contributed by atoms with Crippen molar-refractivity contribution in [3.63, 3.8) is 0 Å². The molecule has 1 amide bonds. The molecule has 4 heterocycles. The Morgan fingerprint density at radius 3 is 2.44 bits per heavy atom. The number of rotatable bonds is 18. The van der Waals surface area contributed by atoms with E-state index in [4.69, 9.17) is 39.9 Å². The maximum atomic E-state index is 15.0. The third kappa shape index (κ3) is 9.93. The van der Waals surface area contributed by atoms with E-state index in [-0.39, 0.29) is 55.6 Å². The predicted molar refractivity (Wildman–Crippen MR) is 242 cm³/mol. The number of fused-ring (bicyclic) bond motifs is 2. The van der Waals surface area contributed by atoms with E-state index < -0.39 is 40.8 Å². The highest BCUT2D eigenvalue weighted by Crippen LogP contribution is 2.57. The highest BCUT2D eigenvalue weighted by Gasteiger charge is 2.61. The normalized spacial score (nSPS) is 26.9. The summed E-state index contributed by atoms with van der Waals surface area (Å²) in [5.41, 5.74) is -0.386. The number of carbonyl (C=O) groups excluding carboxylic acids is 4. The molecular formula is C49H64ClN5O9. The molecule has 1 aromatic carbocycles. The van der Waals surface area contributed by atoms with Crippen LogP contribution in [-0.2, 0) is 28.7 Å². The lowest BCUT2D eigenvalue weighted by molar-refractivity contribution is -0.157. The zero-order valence-corrected chi connectivity index (χ0v) is 38.9. The first-order chi connectivity index (χ1) is 30.6. The Morgan fingerprint density at radius 1 is 1.02 bits per heavy atom. The molecule has 0 radical (unpaired) electrons. The van der Waals surface area contributed by atoms with Gasteiger partial charge in [0.25, 0.3) is 6.01 Å². The summed E-state index contributed by atoms with van der Waals surface area (Å²) in [6, 6.07) is 4.90. The molecular weight excluding hydrogens is 838 g/mol. The Morgan fingerprint density at radius 2 is 1.77 bits per heavy atom. The van der Waals surface area contributed by atoms with Gasteiger partial charge in [0.05, 0.1) is 48.7 Å². The van der Waals surface area contributed by atoms with Crippen molar-refractivity contribution in [3.05, 3.63) is 42.1 Å². The van der Waals surface area contributed by atoms with Crippen LogP contribution >= 0.6 is 11.6 Å². The van der Waals surface area contributed by atoms with Crippen LogP contribution < -0.4 is 14.8 Å². The van der Waals surface area contributed by atoms with Gasteiger partial charge in [-0.1, -0.05) is 44.9 Å². The third-order valence-corrected chi connectivity index (χ3v) is 14.4. The average Bonchev–Trinajstić information content (AvgIpc) is 3.92. The summed E-state index contributed by atoms with van der Waals surface area (Å²) in [5.74, 6) is -0.344. The fourth-order valence-electron chi connectivity index (χ4n) is 10.2. The lowest BCUT2D eigenvalue weighted by atomic mass is 9.77. The molecule has 64 heavy (non-hydrogen) atoms. The van der Waals surface area contributed by atoms with Crippen LogP contribution in [0.5, 0.6) is 11.5 Å². The Kier molecular flexibility index (Phi) is 13.4. The van der Waals surface area contributed by atoms with Crippen LogP contribution in [0.4, 0.5) is 6.01 Å². The number of hydrogen-bond acceptors (Lipinski definition) is 13. The van der Waals surface area contributed by atoms with Gasteiger partial charge in [-0.05, 0) is 101 Å². The molecule has 3 aliphatic carbocycles. The van der Waals surface area contributed by atoms with Gasteiger partial charge < -0.3 is 33.6 Å². The van der Waals surface area contributed by atoms with Crippen molar-refractivity contribution in [3.8, 4) is 22.9 Å². The van der Waals surface area contributed by atoms with E-state index in [1.807, 2.05) is 46.8 Å². The number of benzene rings is 1. The third-order valence-electron chi connectivity index (χ3n) is 14.1. The fraction of sp³-hybridized carbons (Fsp3) is 0.633. The monoisotopic (exact) mass is 901 g/mol. The number of oxazole rings is 1. The number of allylic oxidation sites excluding steroid dienone is 1. The number of ether oxygens (including phenoxy) is 4. The number of likely N-dealkylation sites (tertiary alicyclic amines) is 2. The van der Waals surface area contributed by atoms with Crippen molar-refractivity contribution in [2.75, 3.05) is 45.2 Å². The van der Waals surface area contributed by atoms with Gasteiger partial charge in [-0.3, -0.25) is 24.1 Å². The number of methoxy groups -OCH3 is 1. The fourth-order valence-corrected chi connectivity index (χ4v) is 10.5. The standard InChI is InChI=1S/C49H64ClN5O9/c1-8-31-24-49(31,46(59)60-7)25-39(56)38-21-33(26-55(38)45(58)35(48(4,5)6)22-42(57)64-32-19-29-18-30(29)20-32)63-41-23-36(37-27-62-47(53-37)51-28(2)3)52-44-34(41)12-13-40(43(44)50)61-17-16-54-14-10-9-11-15-54/h8,12-13,23,27-33,35,38H,1,9-11,14-22,24-26H2,2-7H3,(H,51,53)/t29-,30+,31-,32?,33-,35-,38+,49?/m1/s1. The Labute approximate surface area is 381 Å². The topological polar surface area (TPSA) is 163 Å². The molecule has 2 aromatic heterocycles. The highest BCUT2D eigenvalue weighted by atomic mass is 35.5. The summed E-state index contributed by atoms with van der Waals surface area (Å²) in [6.45, 7) is 17.0. The second kappa shape index (κ2) is 18.7. The summed E-state index contributed by atoms with van der Waals surface area (Å²) in [7, 11) is 1.31. The van der Waals surface area contributed by atoms with Crippen molar-refractivity contribution in [2.24, 2.45) is 34.5 Å². The number of hydrogen-bond donors (Lipinski definition) is 1. The summed E-state index contributed by atoms with van der Waals surface area (Å²) in [6.07, 6.45) is 9.29. The minimum absolute atomic E-state index is 0.0515. The molecule has 8 atom stereocenters. The molecule has 14 nitrogen and oxygen atoms in total. The molecule has 3 saturated carbocycles. The van der Waals surface area contributed by atoms with Gasteiger partial charge in [-0.2, -0.15) is 4.98 Å². The summed E-state index contributed by atoms with van der Waals surface area (Å²) < 4.78 is 30.0. The molecule has 15 heteroatoms. The zero-order chi connectivity index (χ0) is 45.5. The molecule has 0 bridgehead atoms. The Balaban J connectivity index is 1.10. The number of Topliss-reactive ketones (excluding diaryl/α,β-unsaturated/α-hetero) is 1. The maximum absolute atomic E-state index is 15.0. The van der Waals surface area contributed by atoms with Crippen LogP contribution in [-0.4, -0.2) is 108 Å².